The van der Waals surface area contributed by atoms with Crippen LogP contribution in [0.2, 0.25) is 5.02 Å². The van der Waals surface area contributed by atoms with Gasteiger partial charge in [-0.3, -0.25) is 0 Å². The van der Waals surface area contributed by atoms with Crippen LogP contribution in [0.15, 0.2) is 18.2 Å². The Morgan fingerprint density at radius 2 is 2.05 bits per heavy atom. The van der Waals surface area contributed by atoms with Crippen LogP contribution in [0.4, 0.5) is 4.79 Å². The SMILES string of the molecule is Cc1cc(CC(O)CCN(C)C(=O)OC(C)(C)C)ccc1Cl. The third-order valence-electron chi connectivity index (χ3n) is 3.20. The first kappa shape index (κ1) is 18.8. The van der Waals surface area contributed by atoms with Gasteiger partial charge >= 0.3 is 6.09 Å². The number of benzene rings is 1. The number of amides is 1. The Morgan fingerprint density at radius 3 is 2.59 bits per heavy atom. The summed E-state index contributed by atoms with van der Waals surface area (Å²) in [5, 5.41) is 10.8. The molecule has 1 atom stereocenters. The Labute approximate surface area is 138 Å². The van der Waals surface area contributed by atoms with Crippen LogP contribution in [-0.2, 0) is 11.2 Å². The van der Waals surface area contributed by atoms with Crippen molar-refractivity contribution < 1.29 is 14.6 Å². The molecular weight excluding hydrogens is 302 g/mol. The molecule has 0 radical (unpaired) electrons. The Balaban J connectivity index is 2.43. The molecular formula is C17H26ClNO3. The van der Waals surface area contributed by atoms with E-state index in [0.29, 0.717) is 19.4 Å². The second-order valence-corrected chi connectivity index (χ2v) is 7.04. The lowest BCUT2D eigenvalue weighted by Crippen LogP contribution is -2.35. The van der Waals surface area contributed by atoms with E-state index >= 15 is 0 Å². The van der Waals surface area contributed by atoms with E-state index in [1.165, 1.54) is 4.90 Å². The summed E-state index contributed by atoms with van der Waals surface area (Å²) in [5.41, 5.74) is 1.52. The molecule has 124 valence electrons. The standard InChI is InChI=1S/C17H26ClNO3/c1-12-10-13(6-7-15(12)18)11-14(20)8-9-19(5)16(21)22-17(2,3)4/h6-7,10,14,20H,8-9,11H2,1-5H3. The summed E-state index contributed by atoms with van der Waals surface area (Å²) in [6.07, 6.45) is 0.157. The summed E-state index contributed by atoms with van der Waals surface area (Å²) in [7, 11) is 1.67. The maximum absolute atomic E-state index is 11.8. The highest BCUT2D eigenvalue weighted by atomic mass is 35.5. The molecule has 0 spiro atoms. The first-order valence-corrected chi connectivity index (χ1v) is 7.83. The average Bonchev–Trinajstić information content (AvgIpc) is 2.38. The molecule has 0 bridgehead atoms. The molecule has 0 saturated carbocycles. The molecule has 0 aromatic heterocycles. The van der Waals surface area contributed by atoms with Gasteiger partial charge in [0.15, 0.2) is 0 Å². The highest BCUT2D eigenvalue weighted by molar-refractivity contribution is 6.31. The van der Waals surface area contributed by atoms with Crippen molar-refractivity contribution in [3.05, 3.63) is 34.3 Å². The van der Waals surface area contributed by atoms with Crippen molar-refractivity contribution in [1.29, 1.82) is 0 Å². The summed E-state index contributed by atoms with van der Waals surface area (Å²) < 4.78 is 5.27. The molecule has 0 aliphatic rings. The summed E-state index contributed by atoms with van der Waals surface area (Å²) in [4.78, 5) is 13.3. The highest BCUT2D eigenvalue weighted by Gasteiger charge is 2.20. The van der Waals surface area contributed by atoms with Gasteiger partial charge in [-0.15, -0.1) is 0 Å². The maximum Gasteiger partial charge on any atom is 0.410 e. The summed E-state index contributed by atoms with van der Waals surface area (Å²) in [5.74, 6) is 0. The van der Waals surface area contributed by atoms with Gasteiger partial charge in [0, 0.05) is 18.6 Å². The largest absolute Gasteiger partial charge is 0.444 e. The van der Waals surface area contributed by atoms with Gasteiger partial charge in [-0.2, -0.15) is 0 Å². The van der Waals surface area contributed by atoms with E-state index in [1.54, 1.807) is 7.05 Å². The molecule has 0 heterocycles. The third-order valence-corrected chi connectivity index (χ3v) is 3.62. The van der Waals surface area contributed by atoms with Gasteiger partial charge in [-0.05, 0) is 57.7 Å². The molecule has 1 N–H and O–H groups in total. The van der Waals surface area contributed by atoms with Crippen LogP contribution >= 0.6 is 11.6 Å². The lowest BCUT2D eigenvalue weighted by atomic mass is 10.0. The number of hydrogen-bond donors (Lipinski definition) is 1. The number of carbonyl (C=O) groups is 1. The fourth-order valence-electron chi connectivity index (χ4n) is 1.98. The van der Waals surface area contributed by atoms with Crippen LogP contribution in [0, 0.1) is 6.92 Å². The van der Waals surface area contributed by atoms with Gasteiger partial charge in [-0.25, -0.2) is 4.79 Å². The molecule has 1 aromatic rings. The minimum atomic E-state index is -0.509. The van der Waals surface area contributed by atoms with Crippen LogP contribution in [0.1, 0.15) is 38.3 Å². The minimum Gasteiger partial charge on any atom is -0.444 e. The maximum atomic E-state index is 11.8. The monoisotopic (exact) mass is 327 g/mol. The summed E-state index contributed by atoms with van der Waals surface area (Å²) in [6.45, 7) is 7.88. The van der Waals surface area contributed by atoms with Crippen LogP contribution in [0.25, 0.3) is 0 Å². The van der Waals surface area contributed by atoms with Gasteiger partial charge in [0.1, 0.15) is 5.60 Å². The molecule has 1 amide bonds. The highest BCUT2D eigenvalue weighted by Crippen LogP contribution is 2.18. The minimum absolute atomic E-state index is 0.373. The van der Waals surface area contributed by atoms with Crippen molar-refractivity contribution in [3.63, 3.8) is 0 Å². The predicted octanol–water partition coefficient (Wildman–Crippen LogP) is 3.81. The topological polar surface area (TPSA) is 49.8 Å². The number of nitrogens with zero attached hydrogens (tertiary/aromatic N) is 1. The first-order chi connectivity index (χ1) is 10.1. The molecule has 22 heavy (non-hydrogen) atoms. The van der Waals surface area contributed by atoms with Crippen LogP contribution < -0.4 is 0 Å². The van der Waals surface area contributed by atoms with Gasteiger partial charge in [0.05, 0.1) is 6.10 Å². The molecule has 0 aliphatic heterocycles. The number of carbonyl (C=O) groups excluding carboxylic acids is 1. The third kappa shape index (κ3) is 6.67. The van der Waals surface area contributed by atoms with Crippen molar-refractivity contribution in [2.75, 3.05) is 13.6 Å². The van der Waals surface area contributed by atoms with Crippen LogP contribution in [0.3, 0.4) is 0 Å². The lowest BCUT2D eigenvalue weighted by Gasteiger charge is -2.25. The second-order valence-electron chi connectivity index (χ2n) is 6.63. The zero-order valence-corrected chi connectivity index (χ0v) is 14.8. The van der Waals surface area contributed by atoms with Crippen molar-refractivity contribution in [2.24, 2.45) is 0 Å². The number of halogens is 1. The fourth-order valence-corrected chi connectivity index (χ4v) is 2.10. The molecule has 1 rings (SSSR count). The van der Waals surface area contributed by atoms with Crippen molar-refractivity contribution >= 4 is 17.7 Å². The fraction of sp³-hybridized carbons (Fsp3) is 0.588. The number of aliphatic hydroxyl groups excluding tert-OH is 1. The number of ether oxygens (including phenoxy) is 1. The molecule has 1 unspecified atom stereocenters. The molecule has 0 fully saturated rings. The molecule has 0 aliphatic carbocycles. The summed E-state index contributed by atoms with van der Waals surface area (Å²) >= 11 is 5.99. The Morgan fingerprint density at radius 1 is 1.41 bits per heavy atom. The van der Waals surface area contributed by atoms with E-state index < -0.39 is 11.7 Å². The smallest absolute Gasteiger partial charge is 0.410 e. The summed E-state index contributed by atoms with van der Waals surface area (Å²) in [6, 6.07) is 5.73. The number of aryl methyl sites for hydroxylation is 1. The Hall–Kier alpha value is -1.26. The quantitative estimate of drug-likeness (QED) is 0.894. The van der Waals surface area contributed by atoms with Crippen LogP contribution in [0.5, 0.6) is 0 Å². The molecule has 0 saturated heterocycles. The molecule has 1 aromatic carbocycles. The number of rotatable bonds is 5. The molecule has 5 heteroatoms. The van der Waals surface area contributed by atoms with Gasteiger partial charge in [-0.1, -0.05) is 23.7 Å². The van der Waals surface area contributed by atoms with E-state index in [2.05, 4.69) is 0 Å². The van der Waals surface area contributed by atoms with Crippen molar-refractivity contribution in [3.8, 4) is 0 Å². The Bertz CT molecular complexity index is 511. The molecule has 4 nitrogen and oxygen atoms in total. The number of aliphatic hydroxyl groups is 1. The lowest BCUT2D eigenvalue weighted by molar-refractivity contribution is 0.0274. The zero-order valence-electron chi connectivity index (χ0n) is 14.0. The van der Waals surface area contributed by atoms with Crippen molar-refractivity contribution in [2.45, 2.75) is 52.2 Å². The van der Waals surface area contributed by atoms with E-state index in [1.807, 2.05) is 45.9 Å². The predicted molar refractivity (Wildman–Crippen MR) is 89.4 cm³/mol. The average molecular weight is 328 g/mol. The van der Waals surface area contributed by atoms with E-state index in [4.69, 9.17) is 16.3 Å². The first-order valence-electron chi connectivity index (χ1n) is 7.45. The van der Waals surface area contributed by atoms with E-state index in [0.717, 1.165) is 16.1 Å². The van der Waals surface area contributed by atoms with E-state index in [-0.39, 0.29) is 6.09 Å². The van der Waals surface area contributed by atoms with Gasteiger partial charge in [0.25, 0.3) is 0 Å². The zero-order chi connectivity index (χ0) is 16.9. The Kier molecular flexibility index (Phi) is 6.69. The van der Waals surface area contributed by atoms with E-state index in [9.17, 15) is 9.90 Å². The second kappa shape index (κ2) is 7.84. The number of hydrogen-bond acceptors (Lipinski definition) is 3. The van der Waals surface area contributed by atoms with Gasteiger partial charge < -0.3 is 14.7 Å². The normalized spacial score (nSPS) is 12.9. The van der Waals surface area contributed by atoms with Crippen molar-refractivity contribution in [1.82, 2.24) is 4.90 Å². The van der Waals surface area contributed by atoms with Crippen LogP contribution in [-0.4, -0.2) is 41.4 Å². The van der Waals surface area contributed by atoms with Gasteiger partial charge in [0.2, 0.25) is 0 Å².